The highest BCUT2D eigenvalue weighted by Gasteiger charge is 2.37. The number of anilines is 2. The molecule has 4 heterocycles. The first-order valence-corrected chi connectivity index (χ1v) is 15.6. The van der Waals surface area contributed by atoms with Gasteiger partial charge in [-0.3, -0.25) is 9.69 Å². The van der Waals surface area contributed by atoms with Gasteiger partial charge in [-0.1, -0.05) is 62.4 Å². The number of benzene rings is 2. The normalized spacial score (nSPS) is 20.6. The summed E-state index contributed by atoms with van der Waals surface area (Å²) in [5.41, 5.74) is 3.02. The number of halogens is 1. The molecule has 3 aromatic rings. The molecule has 1 amide bonds. The predicted octanol–water partition coefficient (Wildman–Crippen LogP) is 4.74. The van der Waals surface area contributed by atoms with E-state index in [0.29, 0.717) is 43.7 Å². The topological polar surface area (TPSA) is 88.8 Å². The van der Waals surface area contributed by atoms with Gasteiger partial charge in [-0.25, -0.2) is 4.98 Å². The highest BCUT2D eigenvalue weighted by molar-refractivity contribution is 6.35. The third kappa shape index (κ3) is 5.55. The van der Waals surface area contributed by atoms with E-state index in [1.54, 1.807) is 4.90 Å². The number of fused-ring (bicyclic) bond motifs is 2. The third-order valence-corrected chi connectivity index (χ3v) is 9.46. The van der Waals surface area contributed by atoms with Crippen molar-refractivity contribution in [3.8, 4) is 6.07 Å². The molecule has 224 valence electrons. The summed E-state index contributed by atoms with van der Waals surface area (Å²) >= 11 is 6.69. The Morgan fingerprint density at radius 1 is 1.14 bits per heavy atom. The van der Waals surface area contributed by atoms with Crippen LogP contribution in [0.5, 0.6) is 0 Å². The first-order valence-electron chi connectivity index (χ1n) is 15.2. The van der Waals surface area contributed by atoms with Crippen LogP contribution >= 0.6 is 11.6 Å². The number of ether oxygens (including phenoxy) is 1. The molecule has 9 nitrogen and oxygen atoms in total. The lowest BCUT2D eigenvalue weighted by Gasteiger charge is -2.46. The van der Waals surface area contributed by atoms with E-state index in [9.17, 15) is 10.1 Å². The minimum Gasteiger partial charge on any atom is -0.368 e. The minimum atomic E-state index is -0.246. The SMILES string of the molecule is C=CC(=O)N1CCN(c2nc(N3CC(N(CC)CC)C3)nc3c2COC(c2cccc4cccc(Cl)c24)C3)C[C@@H]1CC#N. The molecule has 0 aliphatic carbocycles. The van der Waals surface area contributed by atoms with Gasteiger partial charge in [-0.2, -0.15) is 10.2 Å². The summed E-state index contributed by atoms with van der Waals surface area (Å²) in [5.74, 6) is 1.43. The number of likely N-dealkylation sites (N-methyl/N-ethyl adjacent to an activating group) is 1. The zero-order valence-electron chi connectivity index (χ0n) is 24.9. The Morgan fingerprint density at radius 2 is 1.91 bits per heavy atom. The number of nitriles is 1. The number of hydrogen-bond donors (Lipinski definition) is 0. The molecule has 0 bridgehead atoms. The van der Waals surface area contributed by atoms with E-state index >= 15 is 0 Å². The van der Waals surface area contributed by atoms with Gasteiger partial charge in [0.05, 0.1) is 36.9 Å². The second-order valence-corrected chi connectivity index (χ2v) is 11.8. The Balaban J connectivity index is 1.35. The van der Waals surface area contributed by atoms with Crippen LogP contribution in [0.3, 0.4) is 0 Å². The molecule has 3 aliphatic rings. The molecule has 2 fully saturated rings. The quantitative estimate of drug-likeness (QED) is 0.343. The Labute approximate surface area is 258 Å². The predicted molar refractivity (Wildman–Crippen MR) is 169 cm³/mol. The van der Waals surface area contributed by atoms with Gasteiger partial charge >= 0.3 is 0 Å². The fourth-order valence-corrected chi connectivity index (χ4v) is 7.05. The number of piperazine rings is 1. The van der Waals surface area contributed by atoms with Gasteiger partial charge in [0.25, 0.3) is 0 Å². The molecule has 0 saturated carbocycles. The fraction of sp³-hybridized carbons (Fsp3) is 0.455. The maximum atomic E-state index is 12.6. The van der Waals surface area contributed by atoms with E-state index < -0.39 is 0 Å². The highest BCUT2D eigenvalue weighted by Crippen LogP contribution is 2.40. The van der Waals surface area contributed by atoms with E-state index in [-0.39, 0.29) is 24.5 Å². The van der Waals surface area contributed by atoms with Crippen molar-refractivity contribution in [3.05, 3.63) is 70.9 Å². The monoisotopic (exact) mass is 599 g/mol. The number of carbonyl (C=O) groups is 1. The minimum absolute atomic E-state index is 0.145. The van der Waals surface area contributed by atoms with Gasteiger partial charge < -0.3 is 19.4 Å². The summed E-state index contributed by atoms with van der Waals surface area (Å²) < 4.78 is 6.54. The molecule has 10 heteroatoms. The molecule has 0 N–H and O–H groups in total. The molecular weight excluding hydrogens is 562 g/mol. The van der Waals surface area contributed by atoms with Gasteiger partial charge in [-0.15, -0.1) is 0 Å². The fourth-order valence-electron chi connectivity index (χ4n) is 6.76. The average Bonchev–Trinajstić information content (AvgIpc) is 3.01. The summed E-state index contributed by atoms with van der Waals surface area (Å²) in [6.45, 7) is 13.9. The largest absolute Gasteiger partial charge is 0.368 e. The van der Waals surface area contributed by atoms with Crippen molar-refractivity contribution in [2.45, 2.75) is 51.5 Å². The number of hydrogen-bond acceptors (Lipinski definition) is 8. The Kier molecular flexibility index (Phi) is 8.53. The van der Waals surface area contributed by atoms with E-state index in [4.69, 9.17) is 26.3 Å². The standard InChI is InChI=1S/C33H38ClN7O2/c1-4-30(42)41-16-15-39(18-23(41)13-14-35)32-26-21-43-29(25-11-7-9-22-10-8-12-27(34)31(22)25)17-28(26)36-33(37-32)40-19-24(20-40)38(5-2)6-3/h4,7-12,23-24,29H,1,5-6,13,15-21H2,2-3H3/t23-,29?/m0/s1. The summed E-state index contributed by atoms with van der Waals surface area (Å²) in [5, 5.41) is 12.4. The first-order chi connectivity index (χ1) is 20.9. The van der Waals surface area contributed by atoms with Crippen LogP contribution in [0.1, 0.15) is 43.2 Å². The average molecular weight is 600 g/mol. The van der Waals surface area contributed by atoms with Crippen LogP contribution in [0.25, 0.3) is 10.8 Å². The number of amides is 1. The van der Waals surface area contributed by atoms with Crippen molar-refractivity contribution in [1.29, 1.82) is 5.26 Å². The number of carbonyl (C=O) groups excluding carboxylic acids is 1. The van der Waals surface area contributed by atoms with Crippen LogP contribution in [0, 0.1) is 11.3 Å². The van der Waals surface area contributed by atoms with Crippen LogP contribution in [-0.2, 0) is 22.6 Å². The van der Waals surface area contributed by atoms with Crippen molar-refractivity contribution >= 4 is 40.0 Å². The maximum Gasteiger partial charge on any atom is 0.246 e. The van der Waals surface area contributed by atoms with E-state index in [1.807, 2.05) is 12.1 Å². The number of rotatable bonds is 8. The molecular formula is C33H38ClN7O2. The van der Waals surface area contributed by atoms with Gasteiger partial charge in [0.1, 0.15) is 5.82 Å². The lowest BCUT2D eigenvalue weighted by atomic mass is 9.94. The smallest absolute Gasteiger partial charge is 0.246 e. The zero-order valence-corrected chi connectivity index (χ0v) is 25.6. The van der Waals surface area contributed by atoms with E-state index in [2.05, 4.69) is 65.5 Å². The zero-order chi connectivity index (χ0) is 30.1. The van der Waals surface area contributed by atoms with Crippen LogP contribution < -0.4 is 9.80 Å². The van der Waals surface area contributed by atoms with Crippen LogP contribution in [-0.4, -0.2) is 83.6 Å². The van der Waals surface area contributed by atoms with Crippen LogP contribution in [0.15, 0.2) is 49.1 Å². The van der Waals surface area contributed by atoms with Crippen molar-refractivity contribution in [1.82, 2.24) is 19.8 Å². The van der Waals surface area contributed by atoms with Crippen molar-refractivity contribution in [3.63, 3.8) is 0 Å². The maximum absolute atomic E-state index is 12.6. The number of aromatic nitrogens is 2. The molecule has 1 aromatic heterocycles. The summed E-state index contributed by atoms with van der Waals surface area (Å²) in [7, 11) is 0. The second-order valence-electron chi connectivity index (χ2n) is 11.4. The van der Waals surface area contributed by atoms with Gasteiger partial charge in [0.2, 0.25) is 11.9 Å². The highest BCUT2D eigenvalue weighted by atomic mass is 35.5. The molecule has 6 rings (SSSR count). The molecule has 3 aliphatic heterocycles. The molecule has 2 atom stereocenters. The van der Waals surface area contributed by atoms with E-state index in [1.165, 1.54) is 6.08 Å². The summed E-state index contributed by atoms with van der Waals surface area (Å²) in [6, 6.07) is 14.7. The lowest BCUT2D eigenvalue weighted by molar-refractivity contribution is -0.128. The summed E-state index contributed by atoms with van der Waals surface area (Å²) in [6.07, 6.45) is 1.98. The Bertz CT molecular complexity index is 1560. The molecule has 43 heavy (non-hydrogen) atoms. The Morgan fingerprint density at radius 3 is 2.63 bits per heavy atom. The van der Waals surface area contributed by atoms with E-state index in [0.717, 1.165) is 65.5 Å². The third-order valence-electron chi connectivity index (χ3n) is 9.14. The number of nitrogens with zero attached hydrogens (tertiary/aromatic N) is 7. The van der Waals surface area contributed by atoms with Crippen LogP contribution in [0.4, 0.5) is 11.8 Å². The van der Waals surface area contributed by atoms with Gasteiger partial charge in [0.15, 0.2) is 0 Å². The molecule has 0 spiro atoms. The first kappa shape index (κ1) is 29.4. The van der Waals surface area contributed by atoms with Crippen molar-refractivity contribution in [2.24, 2.45) is 0 Å². The molecule has 2 aromatic carbocycles. The molecule has 0 radical (unpaired) electrons. The van der Waals surface area contributed by atoms with Crippen molar-refractivity contribution in [2.75, 3.05) is 55.6 Å². The Hall–Kier alpha value is -3.71. The second kappa shape index (κ2) is 12.5. The van der Waals surface area contributed by atoms with Gasteiger partial charge in [-0.05, 0) is 36.2 Å². The lowest BCUT2D eigenvalue weighted by Crippen LogP contribution is -2.60. The molecule has 1 unspecified atom stereocenters. The summed E-state index contributed by atoms with van der Waals surface area (Å²) in [4.78, 5) is 31.5. The molecule has 2 saturated heterocycles. The van der Waals surface area contributed by atoms with Gasteiger partial charge in [0, 0.05) is 61.2 Å². The van der Waals surface area contributed by atoms with Crippen molar-refractivity contribution < 1.29 is 9.53 Å². The van der Waals surface area contributed by atoms with Crippen LogP contribution in [0.2, 0.25) is 5.02 Å².